The summed E-state index contributed by atoms with van der Waals surface area (Å²) >= 11 is 0. The first kappa shape index (κ1) is 14.0. The number of hydrogen-bond donors (Lipinski definition) is 1. The summed E-state index contributed by atoms with van der Waals surface area (Å²) in [5.41, 5.74) is 0.538. The zero-order valence-electron chi connectivity index (χ0n) is 10.7. The van der Waals surface area contributed by atoms with Gasteiger partial charge in [0.2, 0.25) is 0 Å². The molecule has 0 atom stereocenters. The average Bonchev–Trinajstić information content (AvgIpc) is 2.13. The zero-order valence-corrected chi connectivity index (χ0v) is 10.7. The monoisotopic (exact) mass is 199 g/mol. The fourth-order valence-electron chi connectivity index (χ4n) is 1.71. The van der Waals surface area contributed by atoms with Crippen molar-refractivity contribution in [1.29, 1.82) is 0 Å². The highest BCUT2D eigenvalue weighted by Crippen LogP contribution is 2.27. The molecule has 0 aliphatic heterocycles. The van der Waals surface area contributed by atoms with Crippen LogP contribution in [-0.4, -0.2) is 13.1 Å². The van der Waals surface area contributed by atoms with E-state index in [-0.39, 0.29) is 0 Å². The molecule has 0 amide bonds. The van der Waals surface area contributed by atoms with Crippen molar-refractivity contribution in [2.45, 2.75) is 66.2 Å². The Kier molecular flexibility index (Phi) is 8.26. The van der Waals surface area contributed by atoms with Gasteiger partial charge in [-0.15, -0.1) is 0 Å². The molecule has 1 nitrogen and oxygen atoms in total. The number of nitrogens with one attached hydrogen (secondary N) is 1. The second kappa shape index (κ2) is 8.28. The Bertz CT molecular complexity index is 118. The van der Waals surface area contributed by atoms with E-state index in [9.17, 15) is 0 Å². The molecule has 0 fully saturated rings. The lowest BCUT2D eigenvalue weighted by molar-refractivity contribution is 0.291. The lowest BCUT2D eigenvalue weighted by Crippen LogP contribution is -2.23. The molecule has 0 bridgehead atoms. The molecule has 0 spiro atoms. The van der Waals surface area contributed by atoms with Gasteiger partial charge in [-0.25, -0.2) is 0 Å². The molecule has 0 rings (SSSR count). The molecule has 0 aliphatic rings. The Hall–Kier alpha value is -0.0400. The Morgan fingerprint density at radius 3 is 2.14 bits per heavy atom. The highest BCUT2D eigenvalue weighted by molar-refractivity contribution is 4.69. The molecule has 14 heavy (non-hydrogen) atoms. The third kappa shape index (κ3) is 8.55. The maximum Gasteiger partial charge on any atom is -0.00438 e. The molecule has 0 aliphatic carbocycles. The highest BCUT2D eigenvalue weighted by Gasteiger charge is 2.15. The first-order valence-electron chi connectivity index (χ1n) is 6.33. The summed E-state index contributed by atoms with van der Waals surface area (Å²) in [5.74, 6) is 0. The van der Waals surface area contributed by atoms with Crippen molar-refractivity contribution in [3.05, 3.63) is 0 Å². The van der Waals surface area contributed by atoms with Crippen LogP contribution in [0.4, 0.5) is 0 Å². The van der Waals surface area contributed by atoms with Gasteiger partial charge in [-0.3, -0.25) is 0 Å². The number of rotatable bonds is 9. The molecule has 0 radical (unpaired) electrons. The molecule has 0 aromatic rings. The van der Waals surface area contributed by atoms with Gasteiger partial charge in [0, 0.05) is 0 Å². The Labute approximate surface area is 90.7 Å². The minimum atomic E-state index is 0.538. The van der Waals surface area contributed by atoms with Gasteiger partial charge in [0.15, 0.2) is 0 Å². The van der Waals surface area contributed by atoms with Gasteiger partial charge < -0.3 is 5.32 Å². The fraction of sp³-hybridized carbons (Fsp3) is 1.00. The Morgan fingerprint density at radius 1 is 0.857 bits per heavy atom. The molecule has 0 saturated carbocycles. The lowest BCUT2D eigenvalue weighted by atomic mass is 9.84. The van der Waals surface area contributed by atoms with E-state index in [0.29, 0.717) is 5.41 Å². The normalized spacial score (nSPS) is 12.0. The van der Waals surface area contributed by atoms with Crippen molar-refractivity contribution in [1.82, 2.24) is 5.32 Å². The van der Waals surface area contributed by atoms with Gasteiger partial charge in [-0.2, -0.15) is 0 Å². The van der Waals surface area contributed by atoms with Gasteiger partial charge in [-0.1, -0.05) is 47.0 Å². The van der Waals surface area contributed by atoms with Crippen LogP contribution in [0.1, 0.15) is 66.2 Å². The van der Waals surface area contributed by atoms with Gasteiger partial charge >= 0.3 is 0 Å². The van der Waals surface area contributed by atoms with E-state index in [2.05, 4.69) is 33.0 Å². The van der Waals surface area contributed by atoms with Crippen LogP contribution in [0.3, 0.4) is 0 Å². The van der Waals surface area contributed by atoms with E-state index in [1.165, 1.54) is 51.6 Å². The second-order valence-corrected chi connectivity index (χ2v) is 5.12. The first-order chi connectivity index (χ1) is 6.62. The van der Waals surface area contributed by atoms with E-state index in [1.807, 2.05) is 0 Å². The molecule has 1 N–H and O–H groups in total. The van der Waals surface area contributed by atoms with E-state index in [4.69, 9.17) is 0 Å². The molecular formula is C13H29N. The van der Waals surface area contributed by atoms with Crippen LogP contribution < -0.4 is 5.32 Å². The highest BCUT2D eigenvalue weighted by atomic mass is 14.8. The van der Waals surface area contributed by atoms with Crippen LogP contribution in [0.2, 0.25) is 0 Å². The maximum absolute atomic E-state index is 3.48. The van der Waals surface area contributed by atoms with Crippen LogP contribution in [-0.2, 0) is 0 Å². The van der Waals surface area contributed by atoms with E-state index in [1.54, 1.807) is 0 Å². The third-order valence-electron chi connectivity index (χ3n) is 2.86. The average molecular weight is 199 g/mol. The van der Waals surface area contributed by atoms with Crippen molar-refractivity contribution in [2.24, 2.45) is 5.41 Å². The molecule has 86 valence electrons. The lowest BCUT2D eigenvalue weighted by Gasteiger charge is -2.24. The summed E-state index contributed by atoms with van der Waals surface area (Å²) in [4.78, 5) is 0. The van der Waals surface area contributed by atoms with Crippen LogP contribution >= 0.6 is 0 Å². The van der Waals surface area contributed by atoms with Crippen LogP contribution in [0.5, 0.6) is 0 Å². The maximum atomic E-state index is 3.48. The van der Waals surface area contributed by atoms with E-state index < -0.39 is 0 Å². The minimum Gasteiger partial charge on any atom is -0.317 e. The smallest absolute Gasteiger partial charge is 0.00438 e. The second-order valence-electron chi connectivity index (χ2n) is 5.12. The summed E-state index contributed by atoms with van der Waals surface area (Å²) < 4.78 is 0. The molecule has 0 aromatic carbocycles. The van der Waals surface area contributed by atoms with Crippen molar-refractivity contribution in [3.8, 4) is 0 Å². The van der Waals surface area contributed by atoms with Crippen molar-refractivity contribution in [3.63, 3.8) is 0 Å². The third-order valence-corrected chi connectivity index (χ3v) is 2.86. The summed E-state index contributed by atoms with van der Waals surface area (Å²) in [6.45, 7) is 11.7. The van der Waals surface area contributed by atoms with Gasteiger partial charge in [0.05, 0.1) is 0 Å². The number of unbranched alkanes of at least 4 members (excludes halogenated alkanes) is 2. The SMILES string of the molecule is CCCCCC(C)(C)CCNCCC. The van der Waals surface area contributed by atoms with Crippen LogP contribution in [0.25, 0.3) is 0 Å². The first-order valence-corrected chi connectivity index (χ1v) is 6.33. The van der Waals surface area contributed by atoms with Gasteiger partial charge in [0.1, 0.15) is 0 Å². The predicted molar refractivity (Wildman–Crippen MR) is 65.7 cm³/mol. The van der Waals surface area contributed by atoms with Gasteiger partial charge in [0.25, 0.3) is 0 Å². The Balaban J connectivity index is 3.40. The molecule has 0 aromatic heterocycles. The Morgan fingerprint density at radius 2 is 1.57 bits per heavy atom. The standard InChI is InChI=1S/C13H29N/c1-5-7-8-9-13(3,4)10-12-14-11-6-2/h14H,5-12H2,1-4H3. The molecule has 0 heterocycles. The topological polar surface area (TPSA) is 12.0 Å². The summed E-state index contributed by atoms with van der Waals surface area (Å²) in [7, 11) is 0. The summed E-state index contributed by atoms with van der Waals surface area (Å²) in [6, 6.07) is 0. The van der Waals surface area contributed by atoms with Crippen LogP contribution in [0.15, 0.2) is 0 Å². The van der Waals surface area contributed by atoms with Crippen LogP contribution in [0, 0.1) is 5.41 Å². The summed E-state index contributed by atoms with van der Waals surface area (Å²) in [6.07, 6.45) is 8.08. The quantitative estimate of drug-likeness (QED) is 0.554. The number of hydrogen-bond acceptors (Lipinski definition) is 1. The minimum absolute atomic E-state index is 0.538. The summed E-state index contributed by atoms with van der Waals surface area (Å²) in [5, 5.41) is 3.48. The van der Waals surface area contributed by atoms with Crippen molar-refractivity contribution in [2.75, 3.05) is 13.1 Å². The largest absolute Gasteiger partial charge is 0.317 e. The van der Waals surface area contributed by atoms with E-state index in [0.717, 1.165) is 0 Å². The predicted octanol–water partition coefficient (Wildman–Crippen LogP) is 3.98. The van der Waals surface area contributed by atoms with Crippen molar-refractivity contribution < 1.29 is 0 Å². The van der Waals surface area contributed by atoms with Gasteiger partial charge in [-0.05, 0) is 37.8 Å². The zero-order chi connectivity index (χ0) is 10.9. The fourth-order valence-corrected chi connectivity index (χ4v) is 1.71. The molecule has 0 unspecified atom stereocenters. The van der Waals surface area contributed by atoms with Crippen molar-refractivity contribution >= 4 is 0 Å². The molecule has 0 saturated heterocycles. The molecule has 1 heteroatoms. The van der Waals surface area contributed by atoms with E-state index >= 15 is 0 Å². The molecular weight excluding hydrogens is 170 g/mol.